The molecule has 0 N–H and O–H groups in total. The summed E-state index contributed by atoms with van der Waals surface area (Å²) in [5.41, 5.74) is 0. The molecule has 1 unspecified atom stereocenters. The Morgan fingerprint density at radius 2 is 1.74 bits per heavy atom. The molecule has 0 radical (unpaired) electrons. The number of rotatable bonds is 7. The fourth-order valence-corrected chi connectivity index (χ4v) is 2.43. The van der Waals surface area contributed by atoms with E-state index in [1.54, 1.807) is 0 Å². The van der Waals surface area contributed by atoms with E-state index in [0.717, 1.165) is 12.2 Å². The number of unbranched alkanes of at least 4 members (excludes halogenated alkanes) is 3. The summed E-state index contributed by atoms with van der Waals surface area (Å²) >= 11 is 0. The van der Waals surface area contributed by atoms with Gasteiger partial charge in [-0.15, -0.1) is 0 Å². The van der Waals surface area contributed by atoms with Gasteiger partial charge in [0.1, 0.15) is 5.75 Å². The van der Waals surface area contributed by atoms with E-state index in [2.05, 4.69) is 56.3 Å². The van der Waals surface area contributed by atoms with Gasteiger partial charge in [-0.3, -0.25) is 0 Å². The van der Waals surface area contributed by atoms with E-state index in [1.807, 2.05) is 0 Å². The Bertz CT molecular complexity index is 499. The smallest absolute Gasteiger partial charge is 0.127 e. The molecule has 1 nitrogen and oxygen atoms in total. The first-order valence-corrected chi connectivity index (χ1v) is 7.45. The van der Waals surface area contributed by atoms with Gasteiger partial charge in [0.15, 0.2) is 0 Å². The maximum atomic E-state index is 6.11. The SMILES string of the molecule is CCCCCCC(C)Oc1cccc2ccccc12. The van der Waals surface area contributed by atoms with Crippen molar-refractivity contribution in [2.24, 2.45) is 0 Å². The summed E-state index contributed by atoms with van der Waals surface area (Å²) in [6.07, 6.45) is 6.64. The molecular weight excluding hydrogens is 232 g/mol. The lowest BCUT2D eigenvalue weighted by molar-refractivity contribution is 0.209. The standard InChI is InChI=1S/C18H24O/c1-3-4-5-6-10-15(2)19-18-14-9-12-16-11-7-8-13-17(16)18/h7-9,11-15H,3-6,10H2,1-2H3. The van der Waals surface area contributed by atoms with Gasteiger partial charge in [0.2, 0.25) is 0 Å². The second kappa shape index (κ2) is 7.18. The van der Waals surface area contributed by atoms with Crippen LogP contribution in [0.5, 0.6) is 5.75 Å². The normalized spacial score (nSPS) is 12.5. The highest BCUT2D eigenvalue weighted by atomic mass is 16.5. The summed E-state index contributed by atoms with van der Waals surface area (Å²) < 4.78 is 6.11. The molecule has 2 aromatic rings. The van der Waals surface area contributed by atoms with Gasteiger partial charge >= 0.3 is 0 Å². The van der Waals surface area contributed by atoms with Gasteiger partial charge in [-0.2, -0.15) is 0 Å². The summed E-state index contributed by atoms with van der Waals surface area (Å²) in [4.78, 5) is 0. The van der Waals surface area contributed by atoms with Crippen molar-refractivity contribution in [3.8, 4) is 5.75 Å². The molecule has 2 aromatic carbocycles. The molecule has 2 rings (SSSR count). The van der Waals surface area contributed by atoms with E-state index in [4.69, 9.17) is 4.74 Å². The lowest BCUT2D eigenvalue weighted by Gasteiger charge is -2.16. The van der Waals surface area contributed by atoms with Crippen molar-refractivity contribution < 1.29 is 4.74 Å². The first-order valence-electron chi connectivity index (χ1n) is 7.45. The first-order chi connectivity index (χ1) is 9.31. The van der Waals surface area contributed by atoms with Crippen molar-refractivity contribution in [3.05, 3.63) is 42.5 Å². The monoisotopic (exact) mass is 256 g/mol. The Kier molecular flexibility index (Phi) is 5.26. The molecule has 0 saturated heterocycles. The molecule has 0 aliphatic heterocycles. The van der Waals surface area contributed by atoms with Gasteiger partial charge in [-0.25, -0.2) is 0 Å². The zero-order valence-electron chi connectivity index (χ0n) is 12.1. The molecule has 0 aromatic heterocycles. The molecule has 0 amide bonds. The van der Waals surface area contributed by atoms with Crippen LogP contribution in [0.25, 0.3) is 10.8 Å². The average Bonchev–Trinajstić information content (AvgIpc) is 2.44. The Labute approximate surface area is 116 Å². The molecule has 19 heavy (non-hydrogen) atoms. The van der Waals surface area contributed by atoms with E-state index in [-0.39, 0.29) is 0 Å². The molecule has 1 atom stereocenters. The third-order valence-electron chi connectivity index (χ3n) is 3.54. The van der Waals surface area contributed by atoms with Crippen LogP contribution >= 0.6 is 0 Å². The molecule has 0 aliphatic rings. The third-order valence-corrected chi connectivity index (χ3v) is 3.54. The van der Waals surface area contributed by atoms with Crippen molar-refractivity contribution in [2.45, 2.75) is 52.1 Å². The molecule has 1 heteroatoms. The lowest BCUT2D eigenvalue weighted by atomic mass is 10.1. The van der Waals surface area contributed by atoms with Crippen molar-refractivity contribution in [1.29, 1.82) is 0 Å². The zero-order chi connectivity index (χ0) is 13.5. The number of benzene rings is 2. The lowest BCUT2D eigenvalue weighted by Crippen LogP contribution is -2.11. The van der Waals surface area contributed by atoms with E-state index in [1.165, 1.54) is 36.5 Å². The predicted octanol–water partition coefficient (Wildman–Crippen LogP) is 5.58. The molecule has 0 fully saturated rings. The van der Waals surface area contributed by atoms with Gasteiger partial charge in [0.05, 0.1) is 6.10 Å². The Hall–Kier alpha value is -1.50. The van der Waals surface area contributed by atoms with Crippen LogP contribution in [0.15, 0.2) is 42.5 Å². The van der Waals surface area contributed by atoms with Crippen molar-refractivity contribution in [2.75, 3.05) is 0 Å². The second-order valence-corrected chi connectivity index (χ2v) is 5.26. The maximum Gasteiger partial charge on any atom is 0.127 e. The minimum atomic E-state index is 0.294. The first kappa shape index (κ1) is 13.9. The minimum Gasteiger partial charge on any atom is -0.490 e. The van der Waals surface area contributed by atoms with Crippen LogP contribution in [-0.2, 0) is 0 Å². The van der Waals surface area contributed by atoms with Gasteiger partial charge in [0, 0.05) is 5.39 Å². The molecule has 0 saturated carbocycles. The summed E-state index contributed by atoms with van der Waals surface area (Å²) in [6, 6.07) is 14.7. The number of ether oxygens (including phenoxy) is 1. The van der Waals surface area contributed by atoms with E-state index in [0.29, 0.717) is 6.10 Å². The average molecular weight is 256 g/mol. The van der Waals surface area contributed by atoms with Crippen molar-refractivity contribution in [1.82, 2.24) is 0 Å². The zero-order valence-corrected chi connectivity index (χ0v) is 12.1. The third kappa shape index (κ3) is 3.99. The maximum absolute atomic E-state index is 6.11. The Morgan fingerprint density at radius 3 is 2.58 bits per heavy atom. The van der Waals surface area contributed by atoms with Gasteiger partial charge in [0.25, 0.3) is 0 Å². The van der Waals surface area contributed by atoms with Gasteiger partial charge in [-0.05, 0) is 31.2 Å². The Balaban J connectivity index is 1.97. The summed E-state index contributed by atoms with van der Waals surface area (Å²) in [6.45, 7) is 4.42. The number of hydrogen-bond acceptors (Lipinski definition) is 1. The highest BCUT2D eigenvalue weighted by Gasteiger charge is 2.06. The summed E-state index contributed by atoms with van der Waals surface area (Å²) in [5.74, 6) is 1.01. The summed E-state index contributed by atoms with van der Waals surface area (Å²) in [5, 5.41) is 2.46. The van der Waals surface area contributed by atoms with Gasteiger partial charge < -0.3 is 4.74 Å². The van der Waals surface area contributed by atoms with Crippen molar-refractivity contribution in [3.63, 3.8) is 0 Å². The van der Waals surface area contributed by atoms with Gasteiger partial charge in [-0.1, -0.05) is 62.6 Å². The Morgan fingerprint density at radius 1 is 0.947 bits per heavy atom. The van der Waals surface area contributed by atoms with E-state index >= 15 is 0 Å². The quantitative estimate of drug-likeness (QED) is 0.588. The van der Waals surface area contributed by atoms with E-state index < -0.39 is 0 Å². The van der Waals surface area contributed by atoms with Crippen LogP contribution in [0.4, 0.5) is 0 Å². The van der Waals surface area contributed by atoms with Crippen LogP contribution in [0, 0.1) is 0 Å². The van der Waals surface area contributed by atoms with Crippen LogP contribution in [-0.4, -0.2) is 6.10 Å². The fraction of sp³-hybridized carbons (Fsp3) is 0.444. The summed E-state index contributed by atoms with van der Waals surface area (Å²) in [7, 11) is 0. The second-order valence-electron chi connectivity index (χ2n) is 5.26. The number of fused-ring (bicyclic) bond motifs is 1. The van der Waals surface area contributed by atoms with Crippen LogP contribution in [0.3, 0.4) is 0 Å². The molecule has 0 bridgehead atoms. The van der Waals surface area contributed by atoms with Crippen LogP contribution in [0.2, 0.25) is 0 Å². The predicted molar refractivity (Wildman–Crippen MR) is 82.8 cm³/mol. The highest BCUT2D eigenvalue weighted by molar-refractivity contribution is 5.88. The highest BCUT2D eigenvalue weighted by Crippen LogP contribution is 2.26. The molecule has 102 valence electrons. The largest absolute Gasteiger partial charge is 0.490 e. The minimum absolute atomic E-state index is 0.294. The topological polar surface area (TPSA) is 9.23 Å². The number of hydrogen-bond donors (Lipinski definition) is 0. The fourth-order valence-electron chi connectivity index (χ4n) is 2.43. The van der Waals surface area contributed by atoms with Crippen LogP contribution < -0.4 is 4.74 Å². The van der Waals surface area contributed by atoms with E-state index in [9.17, 15) is 0 Å². The molecule has 0 spiro atoms. The molecule has 0 heterocycles. The molecular formula is C18H24O. The van der Waals surface area contributed by atoms with Crippen LogP contribution in [0.1, 0.15) is 46.0 Å². The van der Waals surface area contributed by atoms with Crippen molar-refractivity contribution >= 4 is 10.8 Å². The molecule has 0 aliphatic carbocycles.